The Labute approximate surface area is 81.6 Å². The second-order valence-electron chi connectivity index (χ2n) is 3.46. The van der Waals surface area contributed by atoms with Crippen molar-refractivity contribution in [2.75, 3.05) is 13.2 Å². The van der Waals surface area contributed by atoms with Gasteiger partial charge in [0.15, 0.2) is 0 Å². The summed E-state index contributed by atoms with van der Waals surface area (Å²) in [5, 5.41) is 1.13. The van der Waals surface area contributed by atoms with E-state index in [0.29, 0.717) is 12.7 Å². The fourth-order valence-electron chi connectivity index (χ4n) is 1.53. The van der Waals surface area contributed by atoms with Crippen molar-refractivity contribution in [2.45, 2.75) is 6.10 Å². The van der Waals surface area contributed by atoms with Crippen LogP contribution in [0.4, 0.5) is 0 Å². The maximum absolute atomic E-state index is 5.66. The average molecular weight is 191 g/mol. The first-order valence-corrected chi connectivity index (χ1v) is 4.74. The highest BCUT2D eigenvalue weighted by Crippen LogP contribution is 2.25. The van der Waals surface area contributed by atoms with Crippen molar-refractivity contribution in [2.24, 2.45) is 0 Å². The molecule has 2 aromatic rings. The summed E-state index contributed by atoms with van der Waals surface area (Å²) in [6.07, 6.45) is 2.23. The van der Waals surface area contributed by atoms with Crippen LogP contribution in [-0.2, 0) is 4.74 Å². The molecule has 0 saturated carbocycles. The highest BCUT2D eigenvalue weighted by molar-refractivity contribution is 5.85. The number of rotatable bonds is 3. The number of H-pyrrole nitrogens is 1. The van der Waals surface area contributed by atoms with Crippen LogP contribution in [0.15, 0.2) is 30.5 Å². The lowest BCUT2D eigenvalue weighted by molar-refractivity contribution is 0.265. The Morgan fingerprint density at radius 1 is 1.43 bits per heavy atom. The first-order valence-electron chi connectivity index (χ1n) is 4.74. The van der Waals surface area contributed by atoms with E-state index in [9.17, 15) is 0 Å². The maximum atomic E-state index is 5.66. The molecule has 1 N–H and O–H groups in total. The smallest absolute Gasteiger partial charge is 0.128 e. The van der Waals surface area contributed by atoms with E-state index in [1.54, 1.807) is 0 Å². The van der Waals surface area contributed by atoms with Crippen molar-refractivity contribution in [1.82, 2.24) is 4.98 Å². The van der Waals surface area contributed by atoms with E-state index in [4.69, 9.17) is 9.47 Å². The molecular formula is C11H11NO2. The normalized spacial score (nSPS) is 19.9. The molecular weight excluding hydrogens is 180 g/mol. The van der Waals surface area contributed by atoms with Crippen LogP contribution in [0.25, 0.3) is 10.9 Å². The number of aromatic amines is 1. The van der Waals surface area contributed by atoms with Gasteiger partial charge in [0.05, 0.1) is 6.61 Å². The number of ether oxygens (including phenoxy) is 2. The molecule has 3 nitrogen and oxygen atoms in total. The van der Waals surface area contributed by atoms with Crippen LogP contribution in [0.5, 0.6) is 5.75 Å². The largest absolute Gasteiger partial charge is 0.490 e. The molecule has 1 aliphatic heterocycles. The zero-order valence-corrected chi connectivity index (χ0v) is 7.69. The summed E-state index contributed by atoms with van der Waals surface area (Å²) in [6.45, 7) is 1.49. The Bertz CT molecular complexity index is 445. The predicted octanol–water partition coefficient (Wildman–Crippen LogP) is 1.95. The summed E-state index contributed by atoms with van der Waals surface area (Å²) in [5.74, 6) is 0.930. The third-order valence-electron chi connectivity index (χ3n) is 2.38. The fourth-order valence-corrected chi connectivity index (χ4v) is 1.53. The summed E-state index contributed by atoms with van der Waals surface area (Å²) in [5.41, 5.74) is 1.11. The zero-order chi connectivity index (χ0) is 9.38. The third-order valence-corrected chi connectivity index (χ3v) is 2.38. The minimum atomic E-state index is 0.309. The Hall–Kier alpha value is -1.48. The molecule has 0 amide bonds. The van der Waals surface area contributed by atoms with Crippen molar-refractivity contribution in [1.29, 1.82) is 0 Å². The molecule has 1 saturated heterocycles. The molecule has 0 aliphatic carbocycles. The van der Waals surface area contributed by atoms with Gasteiger partial charge in [0.1, 0.15) is 18.5 Å². The van der Waals surface area contributed by atoms with Gasteiger partial charge in [-0.2, -0.15) is 0 Å². The molecule has 0 radical (unpaired) electrons. The van der Waals surface area contributed by atoms with E-state index < -0.39 is 0 Å². The van der Waals surface area contributed by atoms with Gasteiger partial charge < -0.3 is 14.5 Å². The van der Waals surface area contributed by atoms with E-state index in [2.05, 4.69) is 4.98 Å². The summed E-state index contributed by atoms with van der Waals surface area (Å²) >= 11 is 0. The Kier molecular flexibility index (Phi) is 1.70. The van der Waals surface area contributed by atoms with Crippen LogP contribution in [0.3, 0.4) is 0 Å². The van der Waals surface area contributed by atoms with Gasteiger partial charge in [0.25, 0.3) is 0 Å². The van der Waals surface area contributed by atoms with Gasteiger partial charge in [-0.25, -0.2) is 0 Å². The van der Waals surface area contributed by atoms with E-state index >= 15 is 0 Å². The van der Waals surface area contributed by atoms with Crippen molar-refractivity contribution >= 4 is 10.9 Å². The standard InChI is InChI=1S/C11H11NO2/c1-2-10-9(4-5-12-10)11(3-1)14-7-8-6-13-8/h1-5,8,12H,6-7H2/t8-/m0/s1/i6+2. The first kappa shape index (κ1) is 7.88. The molecule has 1 aromatic heterocycles. The molecule has 1 atom stereocenters. The minimum absolute atomic E-state index is 0.309. The van der Waals surface area contributed by atoms with Gasteiger partial charge in [-0.3, -0.25) is 0 Å². The Morgan fingerprint density at radius 2 is 2.36 bits per heavy atom. The maximum Gasteiger partial charge on any atom is 0.128 e. The molecule has 2 heterocycles. The average Bonchev–Trinajstić information content (AvgIpc) is 2.91. The molecule has 3 heteroatoms. The Morgan fingerprint density at radius 3 is 3.21 bits per heavy atom. The quantitative estimate of drug-likeness (QED) is 0.753. The number of nitrogens with one attached hydrogen (secondary N) is 1. The fraction of sp³-hybridized carbons (Fsp3) is 0.273. The summed E-state index contributed by atoms with van der Waals surface area (Å²) < 4.78 is 10.7. The lowest BCUT2D eigenvalue weighted by Gasteiger charge is -2.04. The van der Waals surface area contributed by atoms with Crippen LogP contribution >= 0.6 is 0 Å². The second-order valence-corrected chi connectivity index (χ2v) is 3.46. The lowest BCUT2D eigenvalue weighted by Crippen LogP contribution is -2.03. The van der Waals surface area contributed by atoms with Crippen LogP contribution in [0.1, 0.15) is 0 Å². The van der Waals surface area contributed by atoms with E-state index in [0.717, 1.165) is 23.3 Å². The number of hydrogen-bond donors (Lipinski definition) is 1. The Balaban J connectivity index is 1.89. The van der Waals surface area contributed by atoms with Gasteiger partial charge in [-0.15, -0.1) is 0 Å². The molecule has 3 rings (SSSR count). The number of benzene rings is 1. The van der Waals surface area contributed by atoms with E-state index in [1.807, 2.05) is 30.5 Å². The van der Waals surface area contributed by atoms with E-state index in [1.165, 1.54) is 0 Å². The lowest BCUT2D eigenvalue weighted by atomic mass is 10.2. The molecule has 1 fully saturated rings. The molecule has 0 unspecified atom stereocenters. The summed E-state index contributed by atoms with van der Waals surface area (Å²) in [4.78, 5) is 3.15. The van der Waals surface area contributed by atoms with Crippen LogP contribution < -0.4 is 4.74 Å². The van der Waals surface area contributed by atoms with E-state index in [-0.39, 0.29) is 0 Å². The van der Waals surface area contributed by atoms with Crippen molar-refractivity contribution in [3.63, 3.8) is 0 Å². The van der Waals surface area contributed by atoms with Crippen molar-refractivity contribution < 1.29 is 9.47 Å². The first-order chi connectivity index (χ1) is 6.93. The molecule has 1 aliphatic rings. The van der Waals surface area contributed by atoms with Crippen LogP contribution in [-0.4, -0.2) is 24.3 Å². The number of fused-ring (bicyclic) bond motifs is 1. The predicted molar refractivity (Wildman–Crippen MR) is 53.5 cm³/mol. The molecule has 1 aromatic carbocycles. The monoisotopic (exact) mass is 191 g/mol. The van der Waals surface area contributed by atoms with Gasteiger partial charge in [-0.1, -0.05) is 6.07 Å². The number of hydrogen-bond acceptors (Lipinski definition) is 2. The van der Waals surface area contributed by atoms with Crippen molar-refractivity contribution in [3.05, 3.63) is 30.5 Å². The molecule has 14 heavy (non-hydrogen) atoms. The highest BCUT2D eigenvalue weighted by Gasteiger charge is 2.23. The SMILES string of the molecule is c1cc(OC[C@@H]2[14CH2]O2)c2cc[nH]c2c1. The molecule has 0 spiro atoms. The van der Waals surface area contributed by atoms with Crippen LogP contribution in [0.2, 0.25) is 0 Å². The molecule has 0 bridgehead atoms. The third kappa shape index (κ3) is 1.36. The summed E-state index contributed by atoms with van der Waals surface area (Å²) in [7, 11) is 0. The van der Waals surface area contributed by atoms with Gasteiger partial charge in [0.2, 0.25) is 0 Å². The molecule has 72 valence electrons. The van der Waals surface area contributed by atoms with Crippen LogP contribution in [0, 0.1) is 0 Å². The zero-order valence-electron chi connectivity index (χ0n) is 7.69. The van der Waals surface area contributed by atoms with Gasteiger partial charge in [0, 0.05) is 17.1 Å². The number of epoxide rings is 1. The van der Waals surface area contributed by atoms with Gasteiger partial charge in [-0.05, 0) is 18.2 Å². The highest BCUT2D eigenvalue weighted by atomic mass is 16.8. The second kappa shape index (κ2) is 3.03. The van der Waals surface area contributed by atoms with Gasteiger partial charge >= 0.3 is 0 Å². The van der Waals surface area contributed by atoms with Crippen molar-refractivity contribution in [3.8, 4) is 5.75 Å². The number of aromatic nitrogens is 1. The topological polar surface area (TPSA) is 37.5 Å². The minimum Gasteiger partial charge on any atom is -0.490 e. The summed E-state index contributed by atoms with van der Waals surface area (Å²) in [6, 6.07) is 8.04.